The molecule has 0 aromatic heterocycles. The van der Waals surface area contributed by atoms with Crippen LogP contribution in [0.4, 0.5) is 0 Å². The third kappa shape index (κ3) is 1.82. The molecule has 1 aromatic carbocycles. The SMILES string of the molecule is [2H]c1c([2H])c2c(c([2H])c1CC(N([2H])C([2H])([2H])[2H])C([2H])([2H])[2H])OCO2. The molecule has 1 atom stereocenters. The molecular weight excluding hydrogens is 178 g/mol. The third-order valence-corrected chi connectivity index (χ3v) is 1.76. The highest BCUT2D eigenvalue weighted by molar-refractivity contribution is 5.44. The van der Waals surface area contributed by atoms with E-state index in [2.05, 4.69) is 0 Å². The van der Waals surface area contributed by atoms with Gasteiger partial charge in [-0.3, -0.25) is 0 Å². The molecule has 1 N–H and O–H groups in total. The second-order valence-corrected chi connectivity index (χ2v) is 2.77. The molecule has 1 aliphatic heterocycles. The number of hydrogen-bond donors (Lipinski definition) is 1. The van der Waals surface area contributed by atoms with Crippen LogP contribution in [0.2, 0.25) is 1.41 Å². The van der Waals surface area contributed by atoms with Crippen LogP contribution in [0.3, 0.4) is 0 Å². The molecule has 0 saturated heterocycles. The molecule has 1 unspecified atom stereocenters. The fourth-order valence-corrected chi connectivity index (χ4v) is 1.11. The fourth-order valence-electron chi connectivity index (χ4n) is 1.11. The van der Waals surface area contributed by atoms with Crippen LogP contribution in [0.1, 0.15) is 24.8 Å². The molecule has 0 aliphatic carbocycles. The standard InChI is InChI=1S/C11H15NO2/c1-8(12-2)5-9-3-4-10-11(6-9)14-7-13-10/h3-4,6,8,12H,5,7H2,1-2H3/i1D3,2D3,3D,4D,6D/hD. The number of benzene rings is 1. The molecule has 1 aliphatic rings. The van der Waals surface area contributed by atoms with Crippen LogP contribution in [0, 0.1) is 0 Å². The van der Waals surface area contributed by atoms with Crippen molar-refractivity contribution in [3.05, 3.63) is 23.7 Å². The van der Waals surface area contributed by atoms with Crippen molar-refractivity contribution in [1.29, 1.82) is 0 Å². The van der Waals surface area contributed by atoms with E-state index in [-0.39, 0.29) is 41.3 Å². The van der Waals surface area contributed by atoms with Crippen LogP contribution < -0.4 is 14.8 Å². The first-order valence-electron chi connectivity index (χ1n) is 8.97. The summed E-state index contributed by atoms with van der Waals surface area (Å²) < 4.78 is 85.7. The van der Waals surface area contributed by atoms with Crippen molar-refractivity contribution in [2.24, 2.45) is 0 Å². The van der Waals surface area contributed by atoms with E-state index < -0.39 is 32.3 Å². The van der Waals surface area contributed by atoms with Gasteiger partial charge in [0.25, 0.3) is 0 Å². The molecule has 0 fully saturated rings. The summed E-state index contributed by atoms with van der Waals surface area (Å²) >= 11 is 0. The maximum absolute atomic E-state index is 8.05. The van der Waals surface area contributed by atoms with Crippen LogP contribution in [0.5, 0.6) is 11.5 Å². The maximum atomic E-state index is 8.05. The van der Waals surface area contributed by atoms with Gasteiger partial charge in [-0.15, -0.1) is 0 Å². The normalized spacial score (nSPS) is 28.1. The summed E-state index contributed by atoms with van der Waals surface area (Å²) in [4.78, 5) is 0. The Morgan fingerprint density at radius 1 is 1.64 bits per heavy atom. The van der Waals surface area contributed by atoms with Crippen molar-refractivity contribution in [2.75, 3.05) is 13.8 Å². The molecule has 76 valence electrons. The Labute approximate surface area is 98.1 Å². The number of hydrogen-bond acceptors (Lipinski definition) is 3. The zero-order chi connectivity index (χ0) is 18.4. The molecule has 0 amide bonds. The van der Waals surface area contributed by atoms with Crippen molar-refractivity contribution >= 4 is 0 Å². The van der Waals surface area contributed by atoms with Gasteiger partial charge in [-0.2, -0.15) is 0 Å². The molecule has 3 nitrogen and oxygen atoms in total. The second-order valence-electron chi connectivity index (χ2n) is 2.77. The highest BCUT2D eigenvalue weighted by atomic mass is 16.7. The summed E-state index contributed by atoms with van der Waals surface area (Å²) in [5.74, 6) is -0.154. The number of ether oxygens (including phenoxy) is 2. The second kappa shape index (κ2) is 3.88. The Kier molecular flexibility index (Phi) is 0.869. The molecule has 0 bridgehead atoms. The highest BCUT2D eigenvalue weighted by Crippen LogP contribution is 2.32. The molecule has 0 spiro atoms. The molecule has 1 aromatic rings. The largest absolute Gasteiger partial charge is 0.454 e. The van der Waals surface area contributed by atoms with Crippen LogP contribution in [0.15, 0.2) is 18.1 Å². The Morgan fingerprint density at radius 2 is 2.57 bits per heavy atom. The lowest BCUT2D eigenvalue weighted by Crippen LogP contribution is -2.23. The van der Waals surface area contributed by atoms with Crippen molar-refractivity contribution in [2.45, 2.75) is 19.3 Å². The van der Waals surface area contributed by atoms with Crippen LogP contribution in [0.25, 0.3) is 0 Å². The zero-order valence-electron chi connectivity index (χ0n) is 17.3. The summed E-state index contributed by atoms with van der Waals surface area (Å²) in [7, 11) is 0. The fraction of sp³-hybridized carbons (Fsp3) is 0.455. The average molecular weight is 203 g/mol. The van der Waals surface area contributed by atoms with E-state index in [0.717, 1.165) is 0 Å². The predicted octanol–water partition coefficient (Wildman–Crippen LogP) is 1.57. The Balaban J connectivity index is 2.50. The van der Waals surface area contributed by atoms with E-state index in [0.29, 0.717) is 0 Å². The Morgan fingerprint density at radius 3 is 3.43 bits per heavy atom. The summed E-state index contributed by atoms with van der Waals surface area (Å²) in [6.45, 7) is -6.05. The first-order chi connectivity index (χ1) is 10.9. The smallest absolute Gasteiger partial charge is 0.231 e. The zero-order valence-corrected chi connectivity index (χ0v) is 7.26. The minimum absolute atomic E-state index is 0.0208. The van der Waals surface area contributed by atoms with E-state index >= 15 is 0 Å². The Hall–Kier alpha value is -1.22. The molecule has 0 radical (unpaired) electrons. The average Bonchev–Trinajstić information content (AvgIpc) is 2.91. The number of nitrogens with one attached hydrogen (secondary N) is 1. The van der Waals surface area contributed by atoms with Crippen molar-refractivity contribution in [3.63, 3.8) is 0 Å². The monoisotopic (exact) mass is 203 g/mol. The van der Waals surface area contributed by atoms with Gasteiger partial charge in [-0.05, 0) is 37.9 Å². The minimum atomic E-state index is -2.98. The lowest BCUT2D eigenvalue weighted by molar-refractivity contribution is 0.174. The van der Waals surface area contributed by atoms with Crippen LogP contribution >= 0.6 is 0 Å². The van der Waals surface area contributed by atoms with Gasteiger partial charge >= 0.3 is 0 Å². The molecule has 0 saturated carbocycles. The molecule has 14 heavy (non-hydrogen) atoms. The Bertz CT molecular complexity index is 641. The summed E-state index contributed by atoms with van der Waals surface area (Å²) in [6, 6.07) is -2.93. The maximum Gasteiger partial charge on any atom is 0.231 e. The van der Waals surface area contributed by atoms with Crippen LogP contribution in [-0.2, 0) is 6.42 Å². The molecule has 3 heteroatoms. The van der Waals surface area contributed by atoms with E-state index in [4.69, 9.17) is 23.2 Å². The van der Waals surface area contributed by atoms with Crippen LogP contribution in [-0.4, -0.2) is 19.8 Å². The first kappa shape index (κ1) is 3.14. The quantitative estimate of drug-likeness (QED) is 0.809. The predicted molar refractivity (Wildman–Crippen MR) is 54.8 cm³/mol. The van der Waals surface area contributed by atoms with Crippen molar-refractivity contribution in [3.8, 4) is 11.5 Å². The number of likely N-dealkylation sites (N-methyl/N-ethyl adjacent to an activating group) is 1. The van der Waals surface area contributed by atoms with E-state index in [9.17, 15) is 0 Å². The van der Waals surface area contributed by atoms with Gasteiger partial charge in [-0.1, -0.05) is 6.04 Å². The lowest BCUT2D eigenvalue weighted by atomic mass is 10.1. The van der Waals surface area contributed by atoms with Gasteiger partial charge in [-0.25, -0.2) is 0 Å². The van der Waals surface area contributed by atoms with E-state index in [1.165, 1.54) is 0 Å². The van der Waals surface area contributed by atoms with Gasteiger partial charge in [0.05, 0.1) is 4.11 Å². The van der Waals surface area contributed by atoms with Gasteiger partial charge in [0.15, 0.2) is 11.5 Å². The minimum Gasteiger partial charge on any atom is -0.454 e. The topological polar surface area (TPSA) is 30.5 Å². The van der Waals surface area contributed by atoms with Gasteiger partial charge in [0, 0.05) is 14.3 Å². The molecule has 2 rings (SSSR count). The summed E-state index contributed by atoms with van der Waals surface area (Å²) in [6.07, 6.45) is -0.585. The number of rotatable bonds is 3. The molecular formula is C11H15NO2. The van der Waals surface area contributed by atoms with E-state index in [1.54, 1.807) is 0 Å². The van der Waals surface area contributed by atoms with Gasteiger partial charge < -0.3 is 14.8 Å². The molecule has 1 heterocycles. The first-order valence-corrected chi connectivity index (χ1v) is 4.02. The summed E-state index contributed by atoms with van der Waals surface area (Å²) in [5, 5.41) is -0.0208. The van der Waals surface area contributed by atoms with Gasteiger partial charge in [0.1, 0.15) is 1.41 Å². The van der Waals surface area contributed by atoms with Gasteiger partial charge in [0.2, 0.25) is 6.79 Å². The highest BCUT2D eigenvalue weighted by Gasteiger charge is 2.13. The third-order valence-electron chi connectivity index (χ3n) is 1.76. The summed E-state index contributed by atoms with van der Waals surface area (Å²) in [5.41, 5.74) is -0.174. The van der Waals surface area contributed by atoms with Crippen molar-refractivity contribution < 1.29 is 23.2 Å². The number of fused-ring (bicyclic) bond motifs is 1. The van der Waals surface area contributed by atoms with Crippen molar-refractivity contribution in [1.82, 2.24) is 5.31 Å². The van der Waals surface area contributed by atoms with E-state index in [1.807, 2.05) is 0 Å². The lowest BCUT2D eigenvalue weighted by Gasteiger charge is -2.09.